The molecule has 0 N–H and O–H groups in total. The summed E-state index contributed by atoms with van der Waals surface area (Å²) in [6, 6.07) is 6.62. The number of benzene rings is 1. The largest absolute Gasteiger partial charge is 0.383 e. The summed E-state index contributed by atoms with van der Waals surface area (Å²) in [5, 5.41) is 0. The van der Waals surface area contributed by atoms with E-state index >= 15 is 0 Å². The van der Waals surface area contributed by atoms with Gasteiger partial charge in [0, 0.05) is 20.3 Å². The quantitative estimate of drug-likeness (QED) is 0.712. The molecule has 0 aromatic heterocycles. The van der Waals surface area contributed by atoms with Crippen molar-refractivity contribution >= 4 is 5.57 Å². The first-order valence-corrected chi connectivity index (χ1v) is 4.76. The molecule has 1 aromatic carbocycles. The third-order valence-electron chi connectivity index (χ3n) is 2.01. The Morgan fingerprint density at radius 1 is 1.29 bits per heavy atom. The fourth-order valence-corrected chi connectivity index (χ4v) is 1.35. The zero-order valence-corrected chi connectivity index (χ0v) is 8.92. The van der Waals surface area contributed by atoms with Gasteiger partial charge in [-0.1, -0.05) is 19.1 Å². The van der Waals surface area contributed by atoms with Crippen molar-refractivity contribution in [1.82, 2.24) is 4.90 Å². The van der Waals surface area contributed by atoms with Gasteiger partial charge >= 0.3 is 0 Å². The second-order valence-electron chi connectivity index (χ2n) is 3.48. The second-order valence-corrected chi connectivity index (χ2v) is 3.48. The highest BCUT2D eigenvalue weighted by molar-refractivity contribution is 5.64. The predicted octanol–water partition coefficient (Wildman–Crippen LogP) is 3.14. The van der Waals surface area contributed by atoms with E-state index in [4.69, 9.17) is 0 Å². The summed E-state index contributed by atoms with van der Waals surface area (Å²) in [4.78, 5) is 2.00. The minimum absolute atomic E-state index is 0.186. The fourth-order valence-electron chi connectivity index (χ4n) is 1.35. The normalized spacial score (nSPS) is 11.6. The molecule has 0 aliphatic rings. The lowest BCUT2D eigenvalue weighted by Crippen LogP contribution is -2.02. The molecule has 0 aliphatic carbocycles. The monoisotopic (exact) mass is 193 g/mol. The topological polar surface area (TPSA) is 3.24 Å². The molecule has 0 atom stereocenters. The van der Waals surface area contributed by atoms with Gasteiger partial charge in [0.1, 0.15) is 5.82 Å². The predicted molar refractivity (Wildman–Crippen MR) is 58.4 cm³/mol. The van der Waals surface area contributed by atoms with Gasteiger partial charge in [0.05, 0.1) is 0 Å². The number of nitrogens with zero attached hydrogens (tertiary/aromatic N) is 1. The van der Waals surface area contributed by atoms with E-state index in [9.17, 15) is 4.39 Å². The van der Waals surface area contributed by atoms with Crippen LogP contribution in [0.1, 0.15) is 18.9 Å². The van der Waals surface area contributed by atoms with Crippen molar-refractivity contribution in [3.63, 3.8) is 0 Å². The fraction of sp³-hybridized carbons (Fsp3) is 0.333. The average Bonchev–Trinajstić information content (AvgIpc) is 2.15. The maximum atomic E-state index is 12.7. The second kappa shape index (κ2) is 4.80. The molecule has 0 heterocycles. The molecule has 2 heteroatoms. The van der Waals surface area contributed by atoms with Crippen LogP contribution in [0, 0.1) is 5.82 Å². The van der Waals surface area contributed by atoms with Gasteiger partial charge in [0.25, 0.3) is 0 Å². The first-order valence-electron chi connectivity index (χ1n) is 4.76. The number of hydrogen-bond acceptors (Lipinski definition) is 1. The SMILES string of the molecule is CCC(=CN(C)C)c1ccc(F)cc1. The van der Waals surface area contributed by atoms with E-state index in [1.807, 2.05) is 31.1 Å². The molecule has 0 saturated heterocycles. The van der Waals surface area contributed by atoms with Crippen LogP contribution in [0.3, 0.4) is 0 Å². The van der Waals surface area contributed by atoms with Gasteiger partial charge in [-0.15, -0.1) is 0 Å². The third kappa shape index (κ3) is 2.87. The lowest BCUT2D eigenvalue weighted by atomic mass is 10.0. The summed E-state index contributed by atoms with van der Waals surface area (Å²) < 4.78 is 12.7. The Kier molecular flexibility index (Phi) is 3.69. The third-order valence-corrected chi connectivity index (χ3v) is 2.01. The molecule has 1 aromatic rings. The van der Waals surface area contributed by atoms with Gasteiger partial charge in [-0.25, -0.2) is 4.39 Å². The standard InChI is InChI=1S/C12H16FN/c1-4-10(9-14(2)3)11-5-7-12(13)8-6-11/h5-9H,4H2,1-3H3. The van der Waals surface area contributed by atoms with E-state index in [1.54, 1.807) is 0 Å². The van der Waals surface area contributed by atoms with Gasteiger partial charge in [-0.05, 0) is 29.7 Å². The molecule has 0 amide bonds. The first-order chi connectivity index (χ1) is 6.63. The van der Waals surface area contributed by atoms with Crippen LogP contribution in [0.2, 0.25) is 0 Å². The molecule has 0 bridgehead atoms. The maximum Gasteiger partial charge on any atom is 0.123 e. The van der Waals surface area contributed by atoms with E-state index in [1.165, 1.54) is 17.7 Å². The molecule has 0 spiro atoms. The highest BCUT2D eigenvalue weighted by Gasteiger charge is 1.99. The minimum atomic E-state index is -0.186. The van der Waals surface area contributed by atoms with Crippen molar-refractivity contribution in [3.8, 4) is 0 Å². The van der Waals surface area contributed by atoms with E-state index in [2.05, 4.69) is 13.1 Å². The molecule has 0 radical (unpaired) electrons. The molecular weight excluding hydrogens is 177 g/mol. The zero-order valence-electron chi connectivity index (χ0n) is 8.92. The van der Waals surface area contributed by atoms with Crippen molar-refractivity contribution < 1.29 is 4.39 Å². The van der Waals surface area contributed by atoms with Crippen LogP contribution in [-0.4, -0.2) is 19.0 Å². The van der Waals surface area contributed by atoms with Gasteiger partial charge in [0.2, 0.25) is 0 Å². The minimum Gasteiger partial charge on any atom is -0.383 e. The number of halogens is 1. The lowest BCUT2D eigenvalue weighted by molar-refractivity contribution is 0.564. The van der Waals surface area contributed by atoms with Gasteiger partial charge < -0.3 is 4.90 Å². The van der Waals surface area contributed by atoms with Crippen molar-refractivity contribution in [2.75, 3.05) is 14.1 Å². The number of allylic oxidation sites excluding steroid dienone is 1. The summed E-state index contributed by atoms with van der Waals surface area (Å²) >= 11 is 0. The van der Waals surface area contributed by atoms with Crippen LogP contribution in [-0.2, 0) is 0 Å². The van der Waals surface area contributed by atoms with Crippen LogP contribution < -0.4 is 0 Å². The summed E-state index contributed by atoms with van der Waals surface area (Å²) in [6.07, 6.45) is 3.01. The molecule has 1 nitrogen and oxygen atoms in total. The summed E-state index contributed by atoms with van der Waals surface area (Å²) in [5.74, 6) is -0.186. The van der Waals surface area contributed by atoms with Gasteiger partial charge in [-0.2, -0.15) is 0 Å². The average molecular weight is 193 g/mol. The van der Waals surface area contributed by atoms with Crippen molar-refractivity contribution in [1.29, 1.82) is 0 Å². The highest BCUT2D eigenvalue weighted by Crippen LogP contribution is 2.18. The van der Waals surface area contributed by atoms with Crippen LogP contribution in [0.15, 0.2) is 30.5 Å². The summed E-state index contributed by atoms with van der Waals surface area (Å²) in [7, 11) is 3.97. The first kappa shape index (κ1) is 10.8. The van der Waals surface area contributed by atoms with Crippen molar-refractivity contribution in [2.24, 2.45) is 0 Å². The van der Waals surface area contributed by atoms with Crippen molar-refractivity contribution in [2.45, 2.75) is 13.3 Å². The van der Waals surface area contributed by atoms with E-state index < -0.39 is 0 Å². The molecule has 14 heavy (non-hydrogen) atoms. The van der Waals surface area contributed by atoms with E-state index in [0.29, 0.717) is 0 Å². The molecule has 76 valence electrons. The Labute approximate surface area is 84.9 Å². The number of rotatable bonds is 3. The highest BCUT2D eigenvalue weighted by atomic mass is 19.1. The Morgan fingerprint density at radius 3 is 2.29 bits per heavy atom. The van der Waals surface area contributed by atoms with Crippen LogP contribution >= 0.6 is 0 Å². The summed E-state index contributed by atoms with van der Waals surface area (Å²) in [6.45, 7) is 2.10. The molecular formula is C12H16FN. The van der Waals surface area contributed by atoms with Crippen molar-refractivity contribution in [3.05, 3.63) is 41.8 Å². The van der Waals surface area contributed by atoms with Gasteiger partial charge in [0.15, 0.2) is 0 Å². The molecule has 0 aliphatic heterocycles. The Bertz CT molecular complexity index is 312. The molecule has 0 unspecified atom stereocenters. The number of hydrogen-bond donors (Lipinski definition) is 0. The summed E-state index contributed by atoms with van der Waals surface area (Å²) in [5.41, 5.74) is 2.30. The lowest BCUT2D eigenvalue weighted by Gasteiger charge is -2.10. The zero-order chi connectivity index (χ0) is 10.6. The van der Waals surface area contributed by atoms with Crippen LogP contribution in [0.4, 0.5) is 4.39 Å². The molecule has 1 rings (SSSR count). The Morgan fingerprint density at radius 2 is 1.86 bits per heavy atom. The molecule has 0 fully saturated rings. The maximum absolute atomic E-state index is 12.7. The van der Waals surface area contributed by atoms with E-state index in [0.717, 1.165) is 12.0 Å². The smallest absolute Gasteiger partial charge is 0.123 e. The van der Waals surface area contributed by atoms with E-state index in [-0.39, 0.29) is 5.82 Å². The van der Waals surface area contributed by atoms with Crippen LogP contribution in [0.25, 0.3) is 5.57 Å². The molecule has 0 saturated carbocycles. The Balaban J connectivity index is 2.95. The Hall–Kier alpha value is -1.31. The van der Waals surface area contributed by atoms with Gasteiger partial charge in [-0.3, -0.25) is 0 Å². The van der Waals surface area contributed by atoms with Crippen LogP contribution in [0.5, 0.6) is 0 Å².